The number of nitrogens with zero attached hydrogens (tertiary/aromatic N) is 3. The van der Waals surface area contributed by atoms with Gasteiger partial charge in [-0.15, -0.1) is 0 Å². The number of carbonyl (C=O) groups excluding carboxylic acids is 1. The number of hydrazine groups is 1. The second kappa shape index (κ2) is 5.65. The lowest BCUT2D eigenvalue weighted by molar-refractivity contribution is -0.385. The molecular formula is C10H15N7O3. The van der Waals surface area contributed by atoms with Crippen molar-refractivity contribution in [2.75, 3.05) is 17.3 Å². The minimum absolute atomic E-state index is 0.0190. The SMILES string of the molecule is Cc1nc(NN)nc(NCC2CCC(=O)N2)c1[N+](=O)[O-]. The van der Waals surface area contributed by atoms with E-state index < -0.39 is 4.92 Å². The summed E-state index contributed by atoms with van der Waals surface area (Å²) in [6.07, 6.45) is 1.15. The number of nitrogens with one attached hydrogen (secondary N) is 3. The number of nitrogens with two attached hydrogens (primary N) is 1. The van der Waals surface area contributed by atoms with E-state index in [4.69, 9.17) is 5.84 Å². The number of nitrogen functional groups attached to an aromatic ring is 1. The third-order valence-corrected chi connectivity index (χ3v) is 2.97. The van der Waals surface area contributed by atoms with Gasteiger partial charge < -0.3 is 10.6 Å². The van der Waals surface area contributed by atoms with Gasteiger partial charge in [-0.2, -0.15) is 4.98 Å². The van der Waals surface area contributed by atoms with E-state index in [1.807, 2.05) is 0 Å². The molecule has 1 aliphatic heterocycles. The van der Waals surface area contributed by atoms with E-state index in [-0.39, 0.29) is 35.1 Å². The Labute approximate surface area is 114 Å². The summed E-state index contributed by atoms with van der Waals surface area (Å²) in [5, 5.41) is 16.7. The van der Waals surface area contributed by atoms with E-state index in [0.717, 1.165) is 0 Å². The molecule has 2 rings (SSSR count). The van der Waals surface area contributed by atoms with Gasteiger partial charge >= 0.3 is 5.69 Å². The topological polar surface area (TPSA) is 148 Å². The predicted octanol–water partition coefficient (Wildman–Crippen LogP) is -0.331. The van der Waals surface area contributed by atoms with E-state index in [2.05, 4.69) is 26.0 Å². The first kappa shape index (κ1) is 13.9. The molecule has 1 aliphatic rings. The van der Waals surface area contributed by atoms with Gasteiger partial charge in [0.1, 0.15) is 5.69 Å². The second-order valence-electron chi connectivity index (χ2n) is 4.42. The Morgan fingerprint density at radius 3 is 2.85 bits per heavy atom. The first-order chi connectivity index (χ1) is 9.51. The minimum atomic E-state index is -0.550. The van der Waals surface area contributed by atoms with Gasteiger partial charge in [-0.1, -0.05) is 0 Å². The summed E-state index contributed by atoms with van der Waals surface area (Å²) in [6.45, 7) is 1.86. The van der Waals surface area contributed by atoms with Crippen LogP contribution in [0.15, 0.2) is 0 Å². The molecule has 20 heavy (non-hydrogen) atoms. The van der Waals surface area contributed by atoms with Crippen LogP contribution >= 0.6 is 0 Å². The Bertz CT molecular complexity index is 548. The standard InChI is InChI=1S/C10H15N7O3/c1-5-8(17(19)20)9(15-10(13-5)16-11)12-4-6-2-3-7(18)14-6/h6H,2-4,11H2,1H3,(H,14,18)(H2,12,13,15,16). The van der Waals surface area contributed by atoms with Crippen LogP contribution in [0.5, 0.6) is 0 Å². The summed E-state index contributed by atoms with van der Waals surface area (Å²) in [7, 11) is 0. The van der Waals surface area contributed by atoms with Crippen molar-refractivity contribution >= 4 is 23.4 Å². The van der Waals surface area contributed by atoms with Gasteiger partial charge in [0.25, 0.3) is 0 Å². The fourth-order valence-corrected chi connectivity index (χ4v) is 2.02. The Morgan fingerprint density at radius 1 is 1.55 bits per heavy atom. The van der Waals surface area contributed by atoms with Gasteiger partial charge in [0.05, 0.1) is 4.92 Å². The van der Waals surface area contributed by atoms with Gasteiger partial charge in [0, 0.05) is 19.0 Å². The molecule has 1 fully saturated rings. The van der Waals surface area contributed by atoms with Crippen LogP contribution in [0.4, 0.5) is 17.5 Å². The summed E-state index contributed by atoms with van der Waals surface area (Å²) < 4.78 is 0. The highest BCUT2D eigenvalue weighted by Crippen LogP contribution is 2.26. The molecule has 1 aromatic heterocycles. The molecule has 108 valence electrons. The van der Waals surface area contributed by atoms with E-state index in [1.165, 1.54) is 6.92 Å². The summed E-state index contributed by atoms with van der Waals surface area (Å²) in [5.41, 5.74) is 2.26. The molecule has 2 heterocycles. The highest BCUT2D eigenvalue weighted by molar-refractivity contribution is 5.78. The molecule has 1 atom stereocenters. The fraction of sp³-hybridized carbons (Fsp3) is 0.500. The zero-order valence-corrected chi connectivity index (χ0v) is 10.8. The Balaban J connectivity index is 2.18. The molecular weight excluding hydrogens is 266 g/mol. The van der Waals surface area contributed by atoms with Crippen LogP contribution in [0, 0.1) is 17.0 Å². The molecule has 1 saturated heterocycles. The average Bonchev–Trinajstić information content (AvgIpc) is 2.81. The number of hydrogen-bond donors (Lipinski definition) is 4. The number of nitro groups is 1. The lowest BCUT2D eigenvalue weighted by Gasteiger charge is -2.13. The summed E-state index contributed by atoms with van der Waals surface area (Å²) in [4.78, 5) is 29.4. The number of aromatic nitrogens is 2. The largest absolute Gasteiger partial charge is 0.362 e. The zero-order valence-electron chi connectivity index (χ0n) is 10.8. The monoisotopic (exact) mass is 281 g/mol. The lowest BCUT2D eigenvalue weighted by atomic mass is 10.2. The Morgan fingerprint density at radius 2 is 2.30 bits per heavy atom. The molecule has 1 amide bonds. The van der Waals surface area contributed by atoms with E-state index in [1.54, 1.807) is 0 Å². The quantitative estimate of drug-likeness (QED) is 0.325. The van der Waals surface area contributed by atoms with Crippen molar-refractivity contribution in [2.45, 2.75) is 25.8 Å². The van der Waals surface area contributed by atoms with Crippen LogP contribution in [0.25, 0.3) is 0 Å². The third-order valence-electron chi connectivity index (χ3n) is 2.97. The smallest absolute Gasteiger partial charge is 0.332 e. The molecule has 5 N–H and O–H groups in total. The maximum Gasteiger partial charge on any atom is 0.332 e. The van der Waals surface area contributed by atoms with Crippen molar-refractivity contribution in [3.05, 3.63) is 15.8 Å². The van der Waals surface area contributed by atoms with Gasteiger partial charge in [0.2, 0.25) is 17.7 Å². The van der Waals surface area contributed by atoms with Crippen LogP contribution in [0.3, 0.4) is 0 Å². The van der Waals surface area contributed by atoms with Crippen LogP contribution in [-0.4, -0.2) is 33.4 Å². The summed E-state index contributed by atoms with van der Waals surface area (Å²) in [5.74, 6) is 5.37. The van der Waals surface area contributed by atoms with Gasteiger partial charge in [-0.05, 0) is 13.3 Å². The van der Waals surface area contributed by atoms with Crippen LogP contribution in [-0.2, 0) is 4.79 Å². The summed E-state index contributed by atoms with van der Waals surface area (Å²) >= 11 is 0. The van der Waals surface area contributed by atoms with Crippen LogP contribution in [0.1, 0.15) is 18.5 Å². The van der Waals surface area contributed by atoms with Gasteiger partial charge in [-0.25, -0.2) is 10.8 Å². The molecule has 1 aromatic rings. The first-order valence-corrected chi connectivity index (χ1v) is 6.04. The van der Waals surface area contributed by atoms with Crippen molar-refractivity contribution in [1.82, 2.24) is 15.3 Å². The number of amides is 1. The number of hydrogen-bond acceptors (Lipinski definition) is 8. The van der Waals surface area contributed by atoms with Crippen molar-refractivity contribution in [1.29, 1.82) is 0 Å². The molecule has 0 spiro atoms. The Hall–Kier alpha value is -2.49. The molecule has 0 radical (unpaired) electrons. The number of rotatable bonds is 5. The normalized spacial score (nSPS) is 17.7. The van der Waals surface area contributed by atoms with E-state index in [0.29, 0.717) is 19.4 Å². The van der Waals surface area contributed by atoms with Crippen molar-refractivity contribution in [2.24, 2.45) is 5.84 Å². The number of aryl methyl sites for hydroxylation is 1. The van der Waals surface area contributed by atoms with Crippen molar-refractivity contribution < 1.29 is 9.72 Å². The maximum atomic E-state index is 11.1. The van der Waals surface area contributed by atoms with Gasteiger partial charge in [-0.3, -0.25) is 20.3 Å². The van der Waals surface area contributed by atoms with E-state index in [9.17, 15) is 14.9 Å². The first-order valence-electron chi connectivity index (χ1n) is 6.04. The molecule has 10 nitrogen and oxygen atoms in total. The lowest BCUT2D eigenvalue weighted by Crippen LogP contribution is -2.32. The molecule has 0 saturated carbocycles. The summed E-state index contributed by atoms with van der Waals surface area (Å²) in [6, 6.07) is -0.0633. The minimum Gasteiger partial charge on any atom is -0.362 e. The van der Waals surface area contributed by atoms with Gasteiger partial charge in [0.15, 0.2) is 0 Å². The molecule has 1 unspecified atom stereocenters. The highest BCUT2D eigenvalue weighted by Gasteiger charge is 2.25. The van der Waals surface area contributed by atoms with Crippen molar-refractivity contribution in [3.8, 4) is 0 Å². The average molecular weight is 281 g/mol. The van der Waals surface area contributed by atoms with Crippen LogP contribution in [0.2, 0.25) is 0 Å². The fourth-order valence-electron chi connectivity index (χ4n) is 2.02. The van der Waals surface area contributed by atoms with E-state index >= 15 is 0 Å². The molecule has 0 bridgehead atoms. The second-order valence-corrected chi connectivity index (χ2v) is 4.42. The number of anilines is 2. The maximum absolute atomic E-state index is 11.1. The highest BCUT2D eigenvalue weighted by atomic mass is 16.6. The molecule has 0 aromatic carbocycles. The number of carbonyl (C=O) groups is 1. The van der Waals surface area contributed by atoms with Crippen molar-refractivity contribution in [3.63, 3.8) is 0 Å². The zero-order chi connectivity index (χ0) is 14.7. The predicted molar refractivity (Wildman–Crippen MR) is 70.9 cm³/mol. The molecule has 0 aliphatic carbocycles. The Kier molecular flexibility index (Phi) is 3.94. The molecule has 10 heteroatoms. The van der Waals surface area contributed by atoms with Crippen LogP contribution < -0.4 is 21.9 Å². The third kappa shape index (κ3) is 2.91.